The molecule has 0 spiro atoms. The minimum atomic E-state index is -1.18. The van der Waals surface area contributed by atoms with Crippen LogP contribution >= 0.6 is 0 Å². The van der Waals surface area contributed by atoms with E-state index in [-0.39, 0.29) is 43.1 Å². The second-order valence-electron chi connectivity index (χ2n) is 15.1. The lowest BCUT2D eigenvalue weighted by Gasteiger charge is -2.43. The van der Waals surface area contributed by atoms with Crippen LogP contribution in [0.2, 0.25) is 0 Å². The van der Waals surface area contributed by atoms with Crippen molar-refractivity contribution >= 4 is 22.9 Å². The number of ether oxygens (including phenoxy) is 4. The number of aliphatic hydroxyl groups is 2. The van der Waals surface area contributed by atoms with Crippen molar-refractivity contribution in [2.75, 3.05) is 20.0 Å². The molecule has 2 N–H and O–H groups in total. The molecule has 54 heavy (non-hydrogen) atoms. The fraction of sp³-hybridized carbons (Fsp3) is 0.432. The highest BCUT2D eigenvalue weighted by Gasteiger charge is 2.50. The van der Waals surface area contributed by atoms with Gasteiger partial charge in [-0.1, -0.05) is 60.2 Å². The molecule has 10 nitrogen and oxygen atoms in total. The molecule has 7 rings (SSSR count). The minimum absolute atomic E-state index is 0.00402. The summed E-state index contributed by atoms with van der Waals surface area (Å²) in [6, 6.07) is 23.7. The van der Waals surface area contributed by atoms with Crippen LogP contribution in [0, 0.1) is 5.92 Å². The summed E-state index contributed by atoms with van der Waals surface area (Å²) in [4.78, 5) is 42.0. The number of aryl methyl sites for hydroxylation is 2. The van der Waals surface area contributed by atoms with E-state index >= 15 is 0 Å². The molecule has 2 bridgehead atoms. The zero-order valence-electron chi connectivity index (χ0n) is 31.5. The van der Waals surface area contributed by atoms with Gasteiger partial charge in [0.1, 0.15) is 23.7 Å². The summed E-state index contributed by atoms with van der Waals surface area (Å²) in [6.07, 6.45) is 1.31. The zero-order valence-corrected chi connectivity index (χ0v) is 31.5. The first-order valence-corrected chi connectivity index (χ1v) is 18.7. The van der Waals surface area contributed by atoms with Gasteiger partial charge in [0.15, 0.2) is 12.2 Å². The molecule has 4 heterocycles. The number of rotatable bonds is 9. The molecule has 0 radical (unpaired) electrons. The lowest BCUT2D eigenvalue weighted by molar-refractivity contribution is -0.188. The maximum atomic E-state index is 14.2. The predicted molar refractivity (Wildman–Crippen MR) is 203 cm³/mol. The maximum absolute atomic E-state index is 14.2. The molecule has 3 aliphatic rings. The van der Waals surface area contributed by atoms with Gasteiger partial charge in [-0.25, -0.2) is 9.59 Å². The molecule has 10 heteroatoms. The Kier molecular flexibility index (Phi) is 12.4. The topological polar surface area (TPSA) is 142 Å². The third-order valence-electron chi connectivity index (χ3n) is 10.6. The summed E-state index contributed by atoms with van der Waals surface area (Å²) in [5.41, 5.74) is 3.59. The molecule has 0 aliphatic carbocycles. The Hall–Kier alpha value is -4.77. The predicted octanol–water partition coefficient (Wildman–Crippen LogP) is 7.06. The van der Waals surface area contributed by atoms with E-state index in [4.69, 9.17) is 23.4 Å². The van der Waals surface area contributed by atoms with Gasteiger partial charge in [0.25, 0.3) is 0 Å². The molecule has 0 amide bonds. The average Bonchev–Trinajstić information content (AvgIpc) is 3.14. The summed E-state index contributed by atoms with van der Waals surface area (Å²) in [6.45, 7) is 6.56. The maximum Gasteiger partial charge on any atom is 0.339 e. The van der Waals surface area contributed by atoms with Gasteiger partial charge < -0.3 is 33.6 Å². The Morgan fingerprint density at radius 2 is 1.65 bits per heavy atom. The largest absolute Gasteiger partial charge is 0.483 e. The minimum Gasteiger partial charge on any atom is -0.483 e. The quantitative estimate of drug-likeness (QED) is 0.0794. The highest BCUT2D eigenvalue weighted by atomic mass is 16.6. The summed E-state index contributed by atoms with van der Waals surface area (Å²) in [5, 5.41) is 19.5. The molecule has 0 fully saturated rings. The fourth-order valence-corrected chi connectivity index (χ4v) is 7.61. The summed E-state index contributed by atoms with van der Waals surface area (Å²) in [7, 11) is 0. The molecular weight excluding hydrogens is 688 g/mol. The van der Waals surface area contributed by atoms with Crippen LogP contribution in [0.3, 0.4) is 0 Å². The SMILES string of the molecule is CC(C)=C1CCc2ccc(cc2)C[C@H](CCc2ccccc2)CC(=O)O[C@@H]2c3c(ccc4cc([C@H](CCO)COCO)c(=O)oc34)OC(C)(C)[C@H]2OC1=O. The second-order valence-corrected chi connectivity index (χ2v) is 15.1. The van der Waals surface area contributed by atoms with Gasteiger partial charge in [-0.05, 0) is 107 Å². The Labute approximate surface area is 315 Å². The number of allylic oxidation sites excluding steroid dienone is 1. The van der Waals surface area contributed by atoms with E-state index in [1.807, 2.05) is 32.0 Å². The number of carbonyl (C=O) groups excluding carboxylic acids is 2. The standard InChI is InChI=1S/C44H50O10/c1-27(2)34-18-16-29-10-13-30(14-11-29)22-31(15-12-28-8-6-5-7-9-28)23-37(47)51-40-38-36(54-44(3,4)41(40)53-42(34)48)19-17-32-24-35(43(49)52-39(32)38)33(20-21-45)25-50-26-46/h5-11,13-14,17,19,24,31,33,40-41,45-46H,12,15-16,18,20-23,25-26H2,1-4H3/t31-,33+,40+,41-/m0/s1. The first-order chi connectivity index (χ1) is 26.0. The van der Waals surface area contributed by atoms with Crippen molar-refractivity contribution in [3.05, 3.63) is 122 Å². The third-order valence-corrected chi connectivity index (χ3v) is 10.6. The number of hydrogen-bond acceptors (Lipinski definition) is 10. The Bertz CT molecular complexity index is 2020. The Balaban J connectivity index is 1.44. The first kappa shape index (κ1) is 38.9. The molecule has 0 saturated heterocycles. The van der Waals surface area contributed by atoms with Crippen LogP contribution in [-0.2, 0) is 43.1 Å². The van der Waals surface area contributed by atoms with Crippen LogP contribution in [0.25, 0.3) is 11.0 Å². The van der Waals surface area contributed by atoms with E-state index in [0.29, 0.717) is 41.5 Å². The van der Waals surface area contributed by atoms with Crippen molar-refractivity contribution < 1.29 is 43.2 Å². The summed E-state index contributed by atoms with van der Waals surface area (Å²) < 4.78 is 30.5. The van der Waals surface area contributed by atoms with E-state index in [9.17, 15) is 24.6 Å². The van der Waals surface area contributed by atoms with Crippen molar-refractivity contribution in [3.8, 4) is 5.75 Å². The Morgan fingerprint density at radius 3 is 2.35 bits per heavy atom. The van der Waals surface area contributed by atoms with Gasteiger partial charge in [0, 0.05) is 35.5 Å². The van der Waals surface area contributed by atoms with Gasteiger partial charge >= 0.3 is 17.6 Å². The van der Waals surface area contributed by atoms with Crippen molar-refractivity contribution in [2.24, 2.45) is 5.92 Å². The lowest BCUT2D eigenvalue weighted by atomic mass is 9.86. The molecule has 3 aliphatic heterocycles. The smallest absolute Gasteiger partial charge is 0.339 e. The highest BCUT2D eigenvalue weighted by Crippen LogP contribution is 2.47. The van der Waals surface area contributed by atoms with Crippen LogP contribution in [0.4, 0.5) is 0 Å². The van der Waals surface area contributed by atoms with Crippen molar-refractivity contribution in [1.29, 1.82) is 0 Å². The summed E-state index contributed by atoms with van der Waals surface area (Å²) in [5.74, 6) is -1.28. The Morgan fingerprint density at radius 1 is 0.907 bits per heavy atom. The number of fused-ring (bicyclic) bond motifs is 13. The molecule has 0 unspecified atom stereocenters. The molecular formula is C44H50O10. The van der Waals surface area contributed by atoms with Crippen molar-refractivity contribution in [2.45, 2.75) is 96.4 Å². The van der Waals surface area contributed by atoms with Gasteiger partial charge in [0.2, 0.25) is 0 Å². The number of esters is 2. The first-order valence-electron chi connectivity index (χ1n) is 18.7. The van der Waals surface area contributed by atoms with Crippen molar-refractivity contribution in [1.82, 2.24) is 0 Å². The van der Waals surface area contributed by atoms with E-state index in [0.717, 1.165) is 29.5 Å². The van der Waals surface area contributed by atoms with Gasteiger partial charge in [-0.3, -0.25) is 4.79 Å². The number of hydrogen-bond donors (Lipinski definition) is 2. The molecule has 3 aromatic carbocycles. The van der Waals surface area contributed by atoms with Crippen LogP contribution in [-0.4, -0.2) is 53.9 Å². The molecule has 286 valence electrons. The van der Waals surface area contributed by atoms with Gasteiger partial charge in [0.05, 0.1) is 12.2 Å². The number of benzene rings is 3. The molecule has 4 atom stereocenters. The monoisotopic (exact) mass is 738 g/mol. The highest BCUT2D eigenvalue weighted by molar-refractivity contribution is 5.90. The molecule has 4 aromatic rings. The zero-order chi connectivity index (χ0) is 38.4. The van der Waals surface area contributed by atoms with E-state index in [1.54, 1.807) is 32.0 Å². The summed E-state index contributed by atoms with van der Waals surface area (Å²) >= 11 is 0. The van der Waals surface area contributed by atoms with Crippen molar-refractivity contribution in [3.63, 3.8) is 0 Å². The van der Waals surface area contributed by atoms with Crippen LogP contribution in [0.1, 0.15) is 93.2 Å². The van der Waals surface area contributed by atoms with Gasteiger partial charge in [-0.2, -0.15) is 0 Å². The van der Waals surface area contributed by atoms with Crippen LogP contribution < -0.4 is 10.4 Å². The molecule has 0 saturated carbocycles. The van der Waals surface area contributed by atoms with Crippen LogP contribution in [0.15, 0.2) is 93.2 Å². The van der Waals surface area contributed by atoms with Crippen LogP contribution in [0.5, 0.6) is 5.75 Å². The van der Waals surface area contributed by atoms with E-state index < -0.39 is 48.1 Å². The third kappa shape index (κ3) is 8.94. The van der Waals surface area contributed by atoms with E-state index in [1.165, 1.54) is 5.56 Å². The molecule has 1 aromatic heterocycles. The number of aliphatic hydroxyl groups excluding tert-OH is 2. The van der Waals surface area contributed by atoms with E-state index in [2.05, 4.69) is 36.4 Å². The normalized spacial score (nSPS) is 20.7. The second kappa shape index (κ2) is 17.1. The average molecular weight is 739 g/mol. The van der Waals surface area contributed by atoms with Gasteiger partial charge in [-0.15, -0.1) is 0 Å². The lowest BCUT2D eigenvalue weighted by Crippen LogP contribution is -2.52. The number of carbonyl (C=O) groups is 2. The fourth-order valence-electron chi connectivity index (χ4n) is 7.61.